The molecule has 6 heteroatoms. The van der Waals surface area contributed by atoms with E-state index in [1.165, 1.54) is 18.2 Å². The summed E-state index contributed by atoms with van der Waals surface area (Å²) in [6.45, 7) is 0.507. The third kappa shape index (κ3) is 2.90. The number of aromatic nitrogens is 2. The van der Waals surface area contributed by atoms with Crippen molar-refractivity contribution in [3.8, 4) is 0 Å². The molecule has 112 valence electrons. The number of amides is 1. The van der Waals surface area contributed by atoms with Gasteiger partial charge in [0.05, 0.1) is 28.7 Å². The summed E-state index contributed by atoms with van der Waals surface area (Å²) in [6.07, 6.45) is 1.99. The van der Waals surface area contributed by atoms with E-state index in [2.05, 4.69) is 10.3 Å². The standard InChI is InChI=1S/C16H15FN4O/c17-11-5-6-13(12(18)9-11)20-16(22)7-8-21-10-19-14-3-1-2-4-15(14)21/h1-6,9-10H,7-8,18H2,(H,20,22). The number of hydrogen-bond donors (Lipinski definition) is 2. The van der Waals surface area contributed by atoms with Gasteiger partial charge in [0.15, 0.2) is 0 Å². The van der Waals surface area contributed by atoms with Crippen LogP contribution in [0.2, 0.25) is 0 Å². The maximum absolute atomic E-state index is 13.0. The van der Waals surface area contributed by atoms with E-state index < -0.39 is 5.82 Å². The minimum absolute atomic E-state index is 0.184. The van der Waals surface area contributed by atoms with Gasteiger partial charge in [-0.2, -0.15) is 0 Å². The first-order valence-electron chi connectivity index (χ1n) is 6.88. The first-order chi connectivity index (χ1) is 10.6. The van der Waals surface area contributed by atoms with Crippen molar-refractivity contribution in [2.45, 2.75) is 13.0 Å². The number of rotatable bonds is 4. The molecule has 1 amide bonds. The van der Waals surface area contributed by atoms with E-state index in [1.807, 2.05) is 28.8 Å². The average Bonchev–Trinajstić information content (AvgIpc) is 2.91. The molecule has 0 radical (unpaired) electrons. The summed E-state index contributed by atoms with van der Waals surface area (Å²) in [5.41, 5.74) is 8.17. The molecule has 1 heterocycles. The molecule has 22 heavy (non-hydrogen) atoms. The van der Waals surface area contributed by atoms with Gasteiger partial charge < -0.3 is 15.6 Å². The monoisotopic (exact) mass is 298 g/mol. The number of anilines is 2. The minimum atomic E-state index is -0.430. The van der Waals surface area contributed by atoms with Gasteiger partial charge in [0, 0.05) is 13.0 Å². The summed E-state index contributed by atoms with van der Waals surface area (Å²) >= 11 is 0. The van der Waals surface area contributed by atoms with Crippen molar-refractivity contribution in [3.63, 3.8) is 0 Å². The Labute approximate surface area is 126 Å². The lowest BCUT2D eigenvalue weighted by Crippen LogP contribution is -2.15. The molecule has 5 nitrogen and oxygen atoms in total. The Morgan fingerprint density at radius 2 is 2.09 bits per heavy atom. The Morgan fingerprint density at radius 3 is 2.91 bits per heavy atom. The molecule has 3 N–H and O–H groups in total. The van der Waals surface area contributed by atoms with Crippen LogP contribution >= 0.6 is 0 Å². The Balaban J connectivity index is 1.65. The molecule has 1 aromatic heterocycles. The highest BCUT2D eigenvalue weighted by Gasteiger charge is 2.08. The second kappa shape index (κ2) is 5.85. The van der Waals surface area contributed by atoms with Crippen LogP contribution in [0.25, 0.3) is 11.0 Å². The predicted octanol–water partition coefficient (Wildman–Crippen LogP) is 2.79. The summed E-state index contributed by atoms with van der Waals surface area (Å²) in [5, 5.41) is 2.68. The van der Waals surface area contributed by atoms with Crippen LogP contribution < -0.4 is 11.1 Å². The molecular weight excluding hydrogens is 283 g/mol. The zero-order chi connectivity index (χ0) is 15.5. The molecule has 0 aliphatic carbocycles. The highest BCUT2D eigenvalue weighted by Crippen LogP contribution is 2.19. The zero-order valence-electron chi connectivity index (χ0n) is 11.8. The number of carbonyl (C=O) groups is 1. The normalized spacial score (nSPS) is 10.8. The van der Waals surface area contributed by atoms with E-state index in [1.54, 1.807) is 6.33 Å². The highest BCUT2D eigenvalue weighted by molar-refractivity contribution is 5.93. The van der Waals surface area contributed by atoms with E-state index in [0.717, 1.165) is 11.0 Å². The van der Waals surface area contributed by atoms with Gasteiger partial charge in [0.1, 0.15) is 5.82 Å². The lowest BCUT2D eigenvalue weighted by atomic mass is 10.2. The Morgan fingerprint density at radius 1 is 1.27 bits per heavy atom. The molecule has 0 atom stereocenters. The summed E-state index contributed by atoms with van der Waals surface area (Å²) in [5.74, 6) is -0.614. The molecule has 0 fully saturated rings. The van der Waals surface area contributed by atoms with Gasteiger partial charge >= 0.3 is 0 Å². The molecule has 0 bridgehead atoms. The number of halogens is 1. The number of nitrogens with one attached hydrogen (secondary N) is 1. The number of hydrogen-bond acceptors (Lipinski definition) is 3. The van der Waals surface area contributed by atoms with Crippen molar-refractivity contribution in [3.05, 3.63) is 54.6 Å². The lowest BCUT2D eigenvalue weighted by molar-refractivity contribution is -0.116. The molecule has 3 aromatic rings. The summed E-state index contributed by atoms with van der Waals surface area (Å²) in [4.78, 5) is 16.3. The number of carbonyl (C=O) groups excluding carboxylic acids is 1. The third-order valence-electron chi connectivity index (χ3n) is 3.39. The number of aryl methyl sites for hydroxylation is 1. The largest absolute Gasteiger partial charge is 0.397 e. The van der Waals surface area contributed by atoms with E-state index in [-0.39, 0.29) is 18.0 Å². The maximum atomic E-state index is 13.0. The highest BCUT2D eigenvalue weighted by atomic mass is 19.1. The fourth-order valence-corrected chi connectivity index (χ4v) is 2.27. The molecule has 3 rings (SSSR count). The van der Waals surface area contributed by atoms with Crippen molar-refractivity contribution < 1.29 is 9.18 Å². The zero-order valence-corrected chi connectivity index (χ0v) is 11.8. The smallest absolute Gasteiger partial charge is 0.226 e. The quantitative estimate of drug-likeness (QED) is 0.727. The number of nitrogens with zero attached hydrogens (tertiary/aromatic N) is 2. The lowest BCUT2D eigenvalue weighted by Gasteiger charge is -2.09. The number of nitrogens with two attached hydrogens (primary N) is 1. The van der Waals surface area contributed by atoms with Gasteiger partial charge in [-0.3, -0.25) is 4.79 Å². The predicted molar refractivity (Wildman–Crippen MR) is 83.8 cm³/mol. The van der Waals surface area contributed by atoms with Gasteiger partial charge in [-0.25, -0.2) is 9.37 Å². The second-order valence-electron chi connectivity index (χ2n) is 4.96. The van der Waals surface area contributed by atoms with Gasteiger partial charge in [-0.05, 0) is 30.3 Å². The Hall–Kier alpha value is -2.89. The fraction of sp³-hybridized carbons (Fsp3) is 0.125. The maximum Gasteiger partial charge on any atom is 0.226 e. The van der Waals surface area contributed by atoms with Crippen LogP contribution in [0.4, 0.5) is 15.8 Å². The molecule has 0 saturated heterocycles. The fourth-order valence-electron chi connectivity index (χ4n) is 2.27. The molecule has 0 spiro atoms. The van der Waals surface area contributed by atoms with E-state index in [9.17, 15) is 9.18 Å². The second-order valence-corrected chi connectivity index (χ2v) is 4.96. The summed E-state index contributed by atoms with van der Waals surface area (Å²) in [7, 11) is 0. The number of imidazole rings is 1. The van der Waals surface area contributed by atoms with Crippen LogP contribution in [0.1, 0.15) is 6.42 Å². The van der Waals surface area contributed by atoms with Gasteiger partial charge in [0.25, 0.3) is 0 Å². The molecule has 0 aliphatic heterocycles. The van der Waals surface area contributed by atoms with Crippen LogP contribution in [-0.4, -0.2) is 15.5 Å². The first-order valence-corrected chi connectivity index (χ1v) is 6.88. The van der Waals surface area contributed by atoms with Gasteiger partial charge in [-0.15, -0.1) is 0 Å². The first kappa shape index (κ1) is 14.1. The van der Waals surface area contributed by atoms with E-state index >= 15 is 0 Å². The van der Waals surface area contributed by atoms with Crippen LogP contribution in [0.5, 0.6) is 0 Å². The number of benzene rings is 2. The van der Waals surface area contributed by atoms with E-state index in [0.29, 0.717) is 12.2 Å². The van der Waals surface area contributed by atoms with Crippen molar-refractivity contribution in [2.24, 2.45) is 0 Å². The van der Waals surface area contributed by atoms with Crippen molar-refractivity contribution >= 4 is 28.3 Å². The van der Waals surface area contributed by atoms with Gasteiger partial charge in [-0.1, -0.05) is 12.1 Å². The van der Waals surface area contributed by atoms with Crippen LogP contribution in [0.3, 0.4) is 0 Å². The number of para-hydroxylation sites is 2. The SMILES string of the molecule is Nc1cc(F)ccc1NC(=O)CCn1cnc2ccccc21. The number of fused-ring (bicyclic) bond motifs is 1. The van der Waals surface area contributed by atoms with E-state index in [4.69, 9.17) is 5.73 Å². The number of nitrogen functional groups attached to an aromatic ring is 1. The summed E-state index contributed by atoms with van der Waals surface area (Å²) in [6, 6.07) is 11.6. The molecular formula is C16H15FN4O. The molecule has 0 aliphatic rings. The third-order valence-corrected chi connectivity index (χ3v) is 3.39. The minimum Gasteiger partial charge on any atom is -0.397 e. The molecule has 0 saturated carbocycles. The van der Waals surface area contributed by atoms with Crippen molar-refractivity contribution in [2.75, 3.05) is 11.1 Å². The topological polar surface area (TPSA) is 72.9 Å². The van der Waals surface area contributed by atoms with Crippen molar-refractivity contribution in [1.29, 1.82) is 0 Å². The molecule has 2 aromatic carbocycles. The average molecular weight is 298 g/mol. The Kier molecular flexibility index (Phi) is 3.74. The van der Waals surface area contributed by atoms with Crippen molar-refractivity contribution in [1.82, 2.24) is 9.55 Å². The summed E-state index contributed by atoms with van der Waals surface area (Å²) < 4.78 is 14.9. The van der Waals surface area contributed by atoms with Gasteiger partial charge in [0.2, 0.25) is 5.91 Å². The van der Waals surface area contributed by atoms with Crippen LogP contribution in [-0.2, 0) is 11.3 Å². The Bertz CT molecular complexity index is 828. The van der Waals surface area contributed by atoms with Crippen LogP contribution in [0, 0.1) is 5.82 Å². The van der Waals surface area contributed by atoms with Crippen LogP contribution in [0.15, 0.2) is 48.8 Å². The molecule has 0 unspecified atom stereocenters.